The van der Waals surface area contributed by atoms with Crippen molar-refractivity contribution in [2.24, 2.45) is 0 Å². The molecule has 1 aromatic heterocycles. The van der Waals surface area contributed by atoms with Crippen LogP contribution in [0.1, 0.15) is 36.3 Å². The minimum atomic E-state index is -0.193. The number of hydrogen-bond acceptors (Lipinski definition) is 4. The summed E-state index contributed by atoms with van der Waals surface area (Å²) < 4.78 is 0. The van der Waals surface area contributed by atoms with Crippen LogP contribution in [0.4, 0.5) is 0 Å². The van der Waals surface area contributed by atoms with E-state index in [9.17, 15) is 4.79 Å². The van der Waals surface area contributed by atoms with Crippen LogP contribution in [0.5, 0.6) is 0 Å². The van der Waals surface area contributed by atoms with Crippen LogP contribution in [0.2, 0.25) is 0 Å². The van der Waals surface area contributed by atoms with Crippen LogP contribution in [0.3, 0.4) is 0 Å². The van der Waals surface area contributed by atoms with Crippen molar-refractivity contribution in [2.75, 3.05) is 0 Å². The average Bonchev–Trinajstić information content (AvgIpc) is 2.54. The second kappa shape index (κ2) is 6.12. The molecule has 0 bridgehead atoms. The molecule has 4 nitrogen and oxygen atoms in total. The first-order valence-corrected chi connectivity index (χ1v) is 6.68. The maximum absolute atomic E-state index is 11.7. The van der Waals surface area contributed by atoms with Gasteiger partial charge in [0, 0.05) is 17.5 Å². The number of aryl methyl sites for hydroxylation is 2. The second-order valence-corrected chi connectivity index (χ2v) is 5.80. The zero-order valence-corrected chi connectivity index (χ0v) is 11.9. The van der Waals surface area contributed by atoms with Crippen molar-refractivity contribution in [2.45, 2.75) is 53.2 Å². The normalized spacial score (nSPS) is 12.8. The monoisotopic (exact) mass is 255 g/mol. The van der Waals surface area contributed by atoms with Crippen LogP contribution in [0, 0.1) is 13.8 Å². The summed E-state index contributed by atoms with van der Waals surface area (Å²) in [6.07, 6.45) is 0. The molecule has 1 rings (SSSR count). The Labute approximate surface area is 107 Å². The summed E-state index contributed by atoms with van der Waals surface area (Å²) in [6.45, 7) is 10.5. The van der Waals surface area contributed by atoms with E-state index in [0.717, 1.165) is 10.7 Å². The predicted molar refractivity (Wildman–Crippen MR) is 71.2 cm³/mol. The van der Waals surface area contributed by atoms with Crippen molar-refractivity contribution >= 4 is 17.2 Å². The lowest BCUT2D eigenvalue weighted by Crippen LogP contribution is -2.44. The van der Waals surface area contributed by atoms with E-state index in [1.807, 2.05) is 27.7 Å². The minimum Gasteiger partial charge on any atom is -0.353 e. The number of thiazole rings is 1. The highest BCUT2D eigenvalue weighted by atomic mass is 32.1. The molecule has 1 amide bonds. The SMILES string of the molecule is Cc1nc(CNC(C)C(=O)NC(C)C)sc1C. The summed E-state index contributed by atoms with van der Waals surface area (Å²) in [7, 11) is 0. The van der Waals surface area contributed by atoms with Crippen molar-refractivity contribution in [1.29, 1.82) is 0 Å². The van der Waals surface area contributed by atoms with Crippen LogP contribution in [0.25, 0.3) is 0 Å². The maximum atomic E-state index is 11.7. The highest BCUT2D eigenvalue weighted by molar-refractivity contribution is 7.11. The van der Waals surface area contributed by atoms with Gasteiger partial charge in [0.1, 0.15) is 5.01 Å². The molecule has 0 saturated carbocycles. The first-order chi connectivity index (χ1) is 7.90. The van der Waals surface area contributed by atoms with Crippen molar-refractivity contribution in [3.8, 4) is 0 Å². The molecule has 0 radical (unpaired) electrons. The van der Waals surface area contributed by atoms with E-state index in [4.69, 9.17) is 0 Å². The van der Waals surface area contributed by atoms with E-state index in [0.29, 0.717) is 6.54 Å². The Bertz CT molecular complexity index is 368. The van der Waals surface area contributed by atoms with E-state index in [2.05, 4.69) is 22.5 Å². The summed E-state index contributed by atoms with van der Waals surface area (Å²) in [4.78, 5) is 17.3. The van der Waals surface area contributed by atoms with Crippen molar-refractivity contribution in [1.82, 2.24) is 15.6 Å². The molecule has 1 aromatic rings. The van der Waals surface area contributed by atoms with Crippen LogP contribution in [0.15, 0.2) is 0 Å². The zero-order valence-electron chi connectivity index (χ0n) is 11.1. The third kappa shape index (κ3) is 4.44. The topological polar surface area (TPSA) is 54.0 Å². The average molecular weight is 255 g/mol. The standard InChI is InChI=1S/C12H21N3OS/c1-7(2)14-12(16)9(4)13-6-11-15-8(3)10(5)17-11/h7,9,13H,6H2,1-5H3,(H,14,16). The maximum Gasteiger partial charge on any atom is 0.237 e. The highest BCUT2D eigenvalue weighted by Gasteiger charge is 2.13. The predicted octanol–water partition coefficient (Wildman–Crippen LogP) is 1.76. The third-order valence-corrected chi connectivity index (χ3v) is 3.53. The van der Waals surface area contributed by atoms with Crippen LogP contribution >= 0.6 is 11.3 Å². The smallest absolute Gasteiger partial charge is 0.237 e. The van der Waals surface area contributed by atoms with Crippen molar-refractivity contribution < 1.29 is 4.79 Å². The molecule has 0 saturated heterocycles. The molecule has 1 unspecified atom stereocenters. The largest absolute Gasteiger partial charge is 0.353 e. The lowest BCUT2D eigenvalue weighted by molar-refractivity contribution is -0.123. The van der Waals surface area contributed by atoms with Crippen molar-refractivity contribution in [3.05, 3.63) is 15.6 Å². The van der Waals surface area contributed by atoms with Gasteiger partial charge in [-0.1, -0.05) is 0 Å². The van der Waals surface area contributed by atoms with Gasteiger partial charge in [-0.2, -0.15) is 0 Å². The van der Waals surface area contributed by atoms with Crippen LogP contribution < -0.4 is 10.6 Å². The van der Waals surface area contributed by atoms with E-state index < -0.39 is 0 Å². The number of carbonyl (C=O) groups is 1. The number of nitrogens with one attached hydrogen (secondary N) is 2. The Morgan fingerprint density at radius 1 is 1.35 bits per heavy atom. The molecule has 1 atom stereocenters. The summed E-state index contributed by atoms with van der Waals surface area (Å²) >= 11 is 1.68. The Balaban J connectivity index is 2.42. The fourth-order valence-corrected chi connectivity index (χ4v) is 2.24. The summed E-state index contributed by atoms with van der Waals surface area (Å²) in [5.74, 6) is 0.0324. The van der Waals surface area contributed by atoms with Gasteiger partial charge in [-0.25, -0.2) is 4.98 Å². The number of carbonyl (C=O) groups excluding carboxylic acids is 1. The Hall–Kier alpha value is -0.940. The number of rotatable bonds is 5. The molecular formula is C12H21N3OS. The van der Waals surface area contributed by atoms with Crippen molar-refractivity contribution in [3.63, 3.8) is 0 Å². The number of hydrogen-bond donors (Lipinski definition) is 2. The highest BCUT2D eigenvalue weighted by Crippen LogP contribution is 2.16. The van der Waals surface area contributed by atoms with Gasteiger partial charge in [-0.3, -0.25) is 10.1 Å². The van der Waals surface area contributed by atoms with Gasteiger partial charge in [0.2, 0.25) is 5.91 Å². The molecule has 0 fully saturated rings. The molecule has 1 heterocycles. The Morgan fingerprint density at radius 2 is 2.00 bits per heavy atom. The Morgan fingerprint density at radius 3 is 2.47 bits per heavy atom. The number of aromatic nitrogens is 1. The van der Waals surface area contributed by atoms with E-state index in [1.165, 1.54) is 4.88 Å². The lowest BCUT2D eigenvalue weighted by Gasteiger charge is -2.15. The number of nitrogens with zero attached hydrogens (tertiary/aromatic N) is 1. The first-order valence-electron chi connectivity index (χ1n) is 5.86. The van der Waals surface area contributed by atoms with Gasteiger partial charge in [-0.05, 0) is 34.6 Å². The van der Waals surface area contributed by atoms with Crippen LogP contribution in [-0.2, 0) is 11.3 Å². The van der Waals surface area contributed by atoms with E-state index in [1.54, 1.807) is 11.3 Å². The second-order valence-electron chi connectivity index (χ2n) is 4.52. The van der Waals surface area contributed by atoms with Gasteiger partial charge in [0.15, 0.2) is 0 Å². The van der Waals surface area contributed by atoms with E-state index in [-0.39, 0.29) is 18.0 Å². The fraction of sp³-hybridized carbons (Fsp3) is 0.667. The lowest BCUT2D eigenvalue weighted by atomic mass is 10.3. The molecule has 0 spiro atoms. The first kappa shape index (κ1) is 14.1. The van der Waals surface area contributed by atoms with Gasteiger partial charge in [0.05, 0.1) is 11.7 Å². The minimum absolute atomic E-state index is 0.0324. The quantitative estimate of drug-likeness (QED) is 0.843. The van der Waals surface area contributed by atoms with Gasteiger partial charge < -0.3 is 5.32 Å². The molecule has 0 aromatic carbocycles. The molecule has 17 heavy (non-hydrogen) atoms. The molecule has 0 aliphatic carbocycles. The van der Waals surface area contributed by atoms with Gasteiger partial charge in [0.25, 0.3) is 0 Å². The Kier molecular flexibility index (Phi) is 5.08. The molecule has 5 heteroatoms. The van der Waals surface area contributed by atoms with Gasteiger partial charge in [-0.15, -0.1) is 11.3 Å². The summed E-state index contributed by atoms with van der Waals surface area (Å²) in [5.41, 5.74) is 1.08. The van der Waals surface area contributed by atoms with E-state index >= 15 is 0 Å². The summed E-state index contributed by atoms with van der Waals surface area (Å²) in [5, 5.41) is 7.09. The third-order valence-electron chi connectivity index (χ3n) is 2.46. The fourth-order valence-electron chi connectivity index (χ4n) is 1.36. The molecule has 0 aliphatic heterocycles. The molecule has 0 aliphatic rings. The molecule has 96 valence electrons. The van der Waals surface area contributed by atoms with Crippen LogP contribution in [-0.4, -0.2) is 23.0 Å². The molecule has 2 N–H and O–H groups in total. The number of amides is 1. The zero-order chi connectivity index (χ0) is 13.0. The summed E-state index contributed by atoms with van der Waals surface area (Å²) in [6, 6.07) is -0.0157. The van der Waals surface area contributed by atoms with Gasteiger partial charge >= 0.3 is 0 Å². The molecular weight excluding hydrogens is 234 g/mol.